The highest BCUT2D eigenvalue weighted by Crippen LogP contribution is 2.39. The van der Waals surface area contributed by atoms with Gasteiger partial charge in [-0.05, 0) is 48.5 Å². The highest BCUT2D eigenvalue weighted by atomic mass is 16.6. The number of ether oxygens (including phenoxy) is 1. The van der Waals surface area contributed by atoms with E-state index in [2.05, 4.69) is 35.2 Å². The maximum absolute atomic E-state index is 13.1. The number of rotatable bonds is 2. The van der Waals surface area contributed by atoms with Crippen LogP contribution < -0.4 is 0 Å². The van der Waals surface area contributed by atoms with Gasteiger partial charge >= 0.3 is 6.09 Å². The average Bonchev–Trinajstić information content (AvgIpc) is 3.09. The van der Waals surface area contributed by atoms with E-state index in [1.54, 1.807) is 0 Å². The number of hydrogen-bond donors (Lipinski definition) is 0. The summed E-state index contributed by atoms with van der Waals surface area (Å²) >= 11 is 0. The molecule has 2 aromatic carbocycles. The van der Waals surface area contributed by atoms with Crippen molar-refractivity contribution in [2.24, 2.45) is 5.92 Å². The lowest BCUT2D eigenvalue weighted by molar-refractivity contribution is -0.0454. The van der Waals surface area contributed by atoms with Crippen molar-refractivity contribution in [1.82, 2.24) is 9.80 Å². The van der Waals surface area contributed by atoms with E-state index in [4.69, 9.17) is 4.74 Å². The fourth-order valence-electron chi connectivity index (χ4n) is 4.79. The summed E-state index contributed by atoms with van der Waals surface area (Å²) in [5.41, 5.74) is 3.57. The van der Waals surface area contributed by atoms with Crippen LogP contribution in [0.15, 0.2) is 54.6 Å². The summed E-state index contributed by atoms with van der Waals surface area (Å²) in [4.78, 5) is 17.4. The summed E-state index contributed by atoms with van der Waals surface area (Å²) in [6.07, 6.45) is 2.18. The van der Waals surface area contributed by atoms with Gasteiger partial charge in [0, 0.05) is 6.54 Å². The molecule has 3 fully saturated rings. The highest BCUT2D eigenvalue weighted by Gasteiger charge is 2.40. The maximum atomic E-state index is 13.1. The van der Waals surface area contributed by atoms with Crippen LogP contribution in [0.2, 0.25) is 0 Å². The summed E-state index contributed by atoms with van der Waals surface area (Å²) in [5.74, 6) is 0.532. The first-order valence-corrected chi connectivity index (χ1v) is 9.62. The van der Waals surface area contributed by atoms with Crippen molar-refractivity contribution < 1.29 is 9.53 Å². The normalized spacial score (nSPS) is 29.5. The second-order valence-corrected chi connectivity index (χ2v) is 7.70. The number of fused-ring (bicyclic) bond motifs is 4. The first-order chi connectivity index (χ1) is 12.8. The van der Waals surface area contributed by atoms with E-state index in [9.17, 15) is 4.79 Å². The van der Waals surface area contributed by atoms with E-state index in [0.29, 0.717) is 12.5 Å². The number of nitrogens with zero attached hydrogens (tertiary/aromatic N) is 2. The molecule has 2 aromatic rings. The van der Waals surface area contributed by atoms with Crippen LogP contribution in [0.1, 0.15) is 35.6 Å². The quantitative estimate of drug-likeness (QED) is 0.827. The molecule has 6 rings (SSSR count). The Morgan fingerprint density at radius 1 is 0.962 bits per heavy atom. The molecular weight excluding hydrogens is 324 g/mol. The lowest BCUT2D eigenvalue weighted by Gasteiger charge is -2.44. The van der Waals surface area contributed by atoms with Crippen molar-refractivity contribution in [1.29, 1.82) is 0 Å². The first kappa shape index (κ1) is 15.9. The third-order valence-corrected chi connectivity index (χ3v) is 6.20. The predicted octanol–water partition coefficient (Wildman–Crippen LogP) is 3.82. The Balaban J connectivity index is 1.41. The van der Waals surface area contributed by atoms with E-state index >= 15 is 0 Å². The topological polar surface area (TPSA) is 32.8 Å². The van der Waals surface area contributed by atoms with E-state index in [1.807, 2.05) is 29.2 Å². The Labute approximate surface area is 154 Å². The van der Waals surface area contributed by atoms with Gasteiger partial charge in [0.1, 0.15) is 6.10 Å². The molecule has 0 aliphatic carbocycles. The van der Waals surface area contributed by atoms with Crippen molar-refractivity contribution >= 4 is 6.09 Å². The Bertz CT molecular complexity index is 799. The molecule has 4 heteroatoms. The van der Waals surface area contributed by atoms with Gasteiger partial charge in [-0.1, -0.05) is 54.6 Å². The molecular formula is C22H24N2O2. The monoisotopic (exact) mass is 348 g/mol. The minimum Gasteiger partial charge on any atom is -0.444 e. The van der Waals surface area contributed by atoms with Gasteiger partial charge in [-0.25, -0.2) is 4.79 Å². The lowest BCUT2D eigenvalue weighted by atomic mass is 9.86. The van der Waals surface area contributed by atoms with Gasteiger partial charge in [0.25, 0.3) is 0 Å². The Morgan fingerprint density at radius 2 is 1.69 bits per heavy atom. The van der Waals surface area contributed by atoms with Crippen molar-refractivity contribution in [2.75, 3.05) is 19.6 Å². The molecule has 4 nitrogen and oxygen atoms in total. The van der Waals surface area contributed by atoms with Crippen molar-refractivity contribution in [2.45, 2.75) is 31.5 Å². The largest absolute Gasteiger partial charge is 0.444 e. The van der Waals surface area contributed by atoms with Gasteiger partial charge in [-0.2, -0.15) is 0 Å². The predicted molar refractivity (Wildman–Crippen MR) is 99.7 cm³/mol. The summed E-state index contributed by atoms with van der Waals surface area (Å²) in [6, 6.07) is 18.6. The van der Waals surface area contributed by atoms with Crippen LogP contribution >= 0.6 is 0 Å². The third-order valence-electron chi connectivity index (χ3n) is 6.20. The molecule has 0 saturated carbocycles. The SMILES string of the molecule is O=C(O[C@@H]1CN2CCC1CC2)N1Cc2ccccc2[C@H]1c1ccccc1. The van der Waals surface area contributed by atoms with E-state index in [1.165, 1.54) is 11.1 Å². The number of hydrogen-bond acceptors (Lipinski definition) is 3. The molecule has 3 saturated heterocycles. The molecule has 134 valence electrons. The van der Waals surface area contributed by atoms with E-state index < -0.39 is 0 Å². The zero-order valence-corrected chi connectivity index (χ0v) is 14.9. The molecule has 4 aliphatic rings. The lowest BCUT2D eigenvalue weighted by Crippen LogP contribution is -2.52. The van der Waals surface area contributed by atoms with Gasteiger partial charge in [0.2, 0.25) is 0 Å². The Hall–Kier alpha value is -2.33. The minimum atomic E-state index is -0.172. The minimum absolute atomic E-state index is 0.0464. The molecule has 2 bridgehead atoms. The molecule has 0 radical (unpaired) electrons. The molecule has 4 aliphatic heterocycles. The third kappa shape index (κ3) is 2.69. The van der Waals surface area contributed by atoms with Crippen LogP contribution in [0.25, 0.3) is 0 Å². The van der Waals surface area contributed by atoms with Crippen molar-refractivity contribution in [3.05, 3.63) is 71.3 Å². The van der Waals surface area contributed by atoms with Crippen LogP contribution in [0.3, 0.4) is 0 Å². The molecule has 1 amide bonds. The van der Waals surface area contributed by atoms with Gasteiger partial charge in [-0.3, -0.25) is 9.80 Å². The van der Waals surface area contributed by atoms with Crippen LogP contribution in [0, 0.1) is 5.92 Å². The van der Waals surface area contributed by atoms with Gasteiger partial charge < -0.3 is 4.74 Å². The second kappa shape index (κ2) is 6.44. The fourth-order valence-corrected chi connectivity index (χ4v) is 4.79. The standard InChI is InChI=1S/C22H24N2O2/c25-22(26-20-15-23-12-10-16(20)11-13-23)24-14-18-8-4-5-9-19(18)21(24)17-6-2-1-3-7-17/h1-9,16,20-21H,10-15H2/t20-,21-/m1/s1. The van der Waals surface area contributed by atoms with E-state index in [0.717, 1.165) is 38.0 Å². The van der Waals surface area contributed by atoms with Crippen LogP contribution in [0.4, 0.5) is 4.79 Å². The number of carbonyl (C=O) groups is 1. The molecule has 4 heterocycles. The number of piperidine rings is 3. The van der Waals surface area contributed by atoms with Crippen molar-refractivity contribution in [3.63, 3.8) is 0 Å². The van der Waals surface area contributed by atoms with Gasteiger partial charge in [-0.15, -0.1) is 0 Å². The van der Waals surface area contributed by atoms with Gasteiger partial charge in [0.15, 0.2) is 0 Å². The molecule has 0 spiro atoms. The fraction of sp³-hybridized carbons (Fsp3) is 0.409. The molecule has 0 unspecified atom stereocenters. The average molecular weight is 348 g/mol. The van der Waals surface area contributed by atoms with E-state index in [-0.39, 0.29) is 18.2 Å². The smallest absolute Gasteiger partial charge is 0.411 e. The van der Waals surface area contributed by atoms with Crippen LogP contribution in [0.5, 0.6) is 0 Å². The maximum Gasteiger partial charge on any atom is 0.411 e. The Kier molecular flexibility index (Phi) is 3.93. The molecule has 26 heavy (non-hydrogen) atoms. The highest BCUT2D eigenvalue weighted by molar-refractivity contribution is 5.71. The molecule has 0 N–H and O–H groups in total. The Morgan fingerprint density at radius 3 is 2.42 bits per heavy atom. The molecule has 2 atom stereocenters. The summed E-state index contributed by atoms with van der Waals surface area (Å²) in [5, 5.41) is 0. The van der Waals surface area contributed by atoms with Crippen LogP contribution in [-0.4, -0.2) is 41.6 Å². The zero-order valence-electron chi connectivity index (χ0n) is 14.9. The zero-order chi connectivity index (χ0) is 17.5. The summed E-state index contributed by atoms with van der Waals surface area (Å²) in [6.45, 7) is 3.82. The number of amides is 1. The second-order valence-electron chi connectivity index (χ2n) is 7.70. The molecule has 0 aromatic heterocycles. The summed E-state index contributed by atoms with van der Waals surface area (Å²) < 4.78 is 6.04. The number of benzene rings is 2. The van der Waals surface area contributed by atoms with Gasteiger partial charge in [0.05, 0.1) is 12.6 Å². The van der Waals surface area contributed by atoms with Crippen molar-refractivity contribution in [3.8, 4) is 0 Å². The first-order valence-electron chi connectivity index (χ1n) is 9.62. The van der Waals surface area contributed by atoms with Crippen LogP contribution in [-0.2, 0) is 11.3 Å². The summed E-state index contributed by atoms with van der Waals surface area (Å²) in [7, 11) is 0. The number of carbonyl (C=O) groups excluding carboxylic acids is 1.